The zero-order valence-electron chi connectivity index (χ0n) is 13.9. The molecule has 0 aliphatic carbocycles. The lowest BCUT2D eigenvalue weighted by atomic mass is 10.1. The van der Waals surface area contributed by atoms with Crippen LogP contribution in [0.15, 0.2) is 60.8 Å². The molecular weight excluding hydrogens is 300 g/mol. The molecule has 2 aromatic carbocycles. The van der Waals surface area contributed by atoms with Gasteiger partial charge in [-0.2, -0.15) is 0 Å². The van der Waals surface area contributed by atoms with Crippen molar-refractivity contribution >= 4 is 22.7 Å². The van der Waals surface area contributed by atoms with E-state index < -0.39 is 0 Å². The van der Waals surface area contributed by atoms with Crippen molar-refractivity contribution < 1.29 is 9.59 Å². The lowest BCUT2D eigenvalue weighted by Crippen LogP contribution is -2.30. The molecule has 24 heavy (non-hydrogen) atoms. The third kappa shape index (κ3) is 2.95. The maximum Gasteiger partial charge on any atom is 0.256 e. The highest BCUT2D eigenvalue weighted by Crippen LogP contribution is 2.23. The zero-order valence-corrected chi connectivity index (χ0v) is 13.9. The third-order valence-electron chi connectivity index (χ3n) is 4.17. The Bertz CT molecular complexity index is 881. The van der Waals surface area contributed by atoms with E-state index in [0.717, 1.165) is 16.5 Å². The number of benzene rings is 2. The van der Waals surface area contributed by atoms with Crippen LogP contribution in [0.1, 0.15) is 34.6 Å². The molecule has 1 amide bonds. The van der Waals surface area contributed by atoms with Gasteiger partial charge in [0.25, 0.3) is 5.91 Å². The second-order valence-corrected chi connectivity index (χ2v) is 5.75. The van der Waals surface area contributed by atoms with Crippen molar-refractivity contribution in [3.05, 3.63) is 71.9 Å². The summed E-state index contributed by atoms with van der Waals surface area (Å²) in [6, 6.07) is 17.4. The predicted molar refractivity (Wildman–Crippen MR) is 95.1 cm³/mol. The summed E-state index contributed by atoms with van der Waals surface area (Å²) < 4.78 is 1.54. The Morgan fingerprint density at radius 3 is 2.33 bits per heavy atom. The number of hydrogen-bond acceptors (Lipinski definition) is 2. The molecule has 1 heterocycles. The Morgan fingerprint density at radius 2 is 1.67 bits per heavy atom. The van der Waals surface area contributed by atoms with Gasteiger partial charge in [0.15, 0.2) is 0 Å². The molecule has 0 saturated carbocycles. The second-order valence-electron chi connectivity index (χ2n) is 5.75. The van der Waals surface area contributed by atoms with Gasteiger partial charge in [-0.3, -0.25) is 14.2 Å². The van der Waals surface area contributed by atoms with Crippen LogP contribution in [0.25, 0.3) is 10.9 Å². The fraction of sp³-hybridized carbons (Fsp3) is 0.200. The number of hydrogen-bond donors (Lipinski definition) is 0. The Morgan fingerprint density at radius 1 is 1.00 bits per heavy atom. The van der Waals surface area contributed by atoms with E-state index in [1.165, 1.54) is 6.92 Å². The van der Waals surface area contributed by atoms with E-state index in [1.54, 1.807) is 15.7 Å². The summed E-state index contributed by atoms with van der Waals surface area (Å²) in [7, 11) is 0. The van der Waals surface area contributed by atoms with Gasteiger partial charge in [0, 0.05) is 31.6 Å². The molecule has 0 radical (unpaired) electrons. The van der Waals surface area contributed by atoms with Gasteiger partial charge in [-0.1, -0.05) is 48.5 Å². The minimum absolute atomic E-state index is 0.0578. The first kappa shape index (κ1) is 16.0. The first-order valence-electron chi connectivity index (χ1n) is 8.06. The van der Waals surface area contributed by atoms with Gasteiger partial charge in [-0.15, -0.1) is 0 Å². The molecule has 0 bridgehead atoms. The minimum atomic E-state index is -0.101. The van der Waals surface area contributed by atoms with Gasteiger partial charge >= 0.3 is 0 Å². The molecule has 0 spiro atoms. The summed E-state index contributed by atoms with van der Waals surface area (Å²) in [6.07, 6.45) is 1.66. The Kier molecular flexibility index (Phi) is 4.47. The molecule has 0 saturated heterocycles. The number of carbonyl (C=O) groups is 2. The molecule has 0 atom stereocenters. The molecule has 4 heteroatoms. The van der Waals surface area contributed by atoms with E-state index in [2.05, 4.69) is 0 Å². The lowest BCUT2D eigenvalue weighted by Gasteiger charge is -2.20. The van der Waals surface area contributed by atoms with E-state index in [0.29, 0.717) is 18.7 Å². The van der Waals surface area contributed by atoms with Gasteiger partial charge in [-0.05, 0) is 18.6 Å². The molecule has 0 aliphatic rings. The van der Waals surface area contributed by atoms with Crippen LogP contribution < -0.4 is 0 Å². The molecule has 122 valence electrons. The summed E-state index contributed by atoms with van der Waals surface area (Å²) >= 11 is 0. The highest BCUT2D eigenvalue weighted by atomic mass is 16.2. The maximum absolute atomic E-state index is 13.0. The third-order valence-corrected chi connectivity index (χ3v) is 4.17. The van der Waals surface area contributed by atoms with Crippen molar-refractivity contribution in [2.45, 2.75) is 20.4 Å². The van der Waals surface area contributed by atoms with Crippen LogP contribution in [-0.2, 0) is 6.54 Å². The van der Waals surface area contributed by atoms with Crippen molar-refractivity contribution in [1.29, 1.82) is 0 Å². The average molecular weight is 320 g/mol. The first-order chi connectivity index (χ1) is 11.6. The number of amides is 1. The van der Waals surface area contributed by atoms with Gasteiger partial charge in [0.1, 0.15) is 0 Å². The molecule has 1 aromatic heterocycles. The number of aromatic nitrogens is 1. The smallest absolute Gasteiger partial charge is 0.256 e. The van der Waals surface area contributed by atoms with Crippen molar-refractivity contribution in [1.82, 2.24) is 9.47 Å². The molecule has 0 aliphatic heterocycles. The molecular formula is C20H20N2O2. The van der Waals surface area contributed by atoms with Crippen LogP contribution in [0.2, 0.25) is 0 Å². The standard InChI is InChI=1S/C20H20N2O2/c1-3-21(13-16-9-5-4-6-10-16)20(24)18-14-22(15(2)23)19-12-8-7-11-17(18)19/h4-12,14H,3,13H2,1-2H3. The predicted octanol–water partition coefficient (Wildman–Crippen LogP) is 3.96. The quantitative estimate of drug-likeness (QED) is 0.730. The van der Waals surface area contributed by atoms with Gasteiger partial charge in [0.2, 0.25) is 5.91 Å². The fourth-order valence-electron chi connectivity index (χ4n) is 2.91. The van der Waals surface area contributed by atoms with Crippen LogP contribution in [0.3, 0.4) is 0 Å². The molecule has 0 fully saturated rings. The van der Waals surface area contributed by atoms with Crippen LogP contribution in [-0.4, -0.2) is 27.8 Å². The molecule has 4 nitrogen and oxygen atoms in total. The minimum Gasteiger partial charge on any atom is -0.335 e. The van der Waals surface area contributed by atoms with Crippen molar-refractivity contribution in [2.24, 2.45) is 0 Å². The van der Waals surface area contributed by atoms with E-state index in [9.17, 15) is 9.59 Å². The highest BCUT2D eigenvalue weighted by Gasteiger charge is 2.21. The number of rotatable bonds is 4. The fourth-order valence-corrected chi connectivity index (χ4v) is 2.91. The Balaban J connectivity index is 1.99. The average Bonchev–Trinajstić information content (AvgIpc) is 3.00. The van der Waals surface area contributed by atoms with Crippen LogP contribution in [0.4, 0.5) is 0 Å². The molecule has 3 rings (SSSR count). The summed E-state index contributed by atoms with van der Waals surface area (Å²) in [5.74, 6) is -0.158. The van der Waals surface area contributed by atoms with E-state index in [4.69, 9.17) is 0 Å². The topological polar surface area (TPSA) is 42.3 Å². The summed E-state index contributed by atoms with van der Waals surface area (Å²) in [5.41, 5.74) is 2.42. The number of fused-ring (bicyclic) bond motifs is 1. The number of carbonyl (C=O) groups excluding carboxylic acids is 2. The molecule has 0 N–H and O–H groups in total. The zero-order chi connectivity index (χ0) is 17.1. The number of para-hydroxylation sites is 1. The van der Waals surface area contributed by atoms with Crippen molar-refractivity contribution in [3.8, 4) is 0 Å². The van der Waals surface area contributed by atoms with Crippen molar-refractivity contribution in [2.75, 3.05) is 6.54 Å². The van der Waals surface area contributed by atoms with Crippen molar-refractivity contribution in [3.63, 3.8) is 0 Å². The Labute approximate surface area is 141 Å². The molecule has 0 unspecified atom stereocenters. The SMILES string of the molecule is CCN(Cc1ccccc1)C(=O)c1cn(C(C)=O)c2ccccc12. The van der Waals surface area contributed by atoms with Crippen LogP contribution in [0.5, 0.6) is 0 Å². The van der Waals surface area contributed by atoms with E-state index in [-0.39, 0.29) is 11.8 Å². The van der Waals surface area contributed by atoms with Crippen LogP contribution in [0, 0.1) is 0 Å². The lowest BCUT2D eigenvalue weighted by molar-refractivity contribution is 0.0754. The van der Waals surface area contributed by atoms with E-state index in [1.807, 2.05) is 61.5 Å². The largest absolute Gasteiger partial charge is 0.335 e. The first-order valence-corrected chi connectivity index (χ1v) is 8.06. The molecule has 3 aromatic rings. The monoisotopic (exact) mass is 320 g/mol. The van der Waals surface area contributed by atoms with Crippen LogP contribution >= 0.6 is 0 Å². The summed E-state index contributed by atoms with van der Waals surface area (Å²) in [5, 5.41) is 0.809. The van der Waals surface area contributed by atoms with Gasteiger partial charge in [-0.25, -0.2) is 0 Å². The Hall–Kier alpha value is -2.88. The highest BCUT2D eigenvalue weighted by molar-refractivity contribution is 6.09. The maximum atomic E-state index is 13.0. The number of nitrogens with zero attached hydrogens (tertiary/aromatic N) is 2. The van der Waals surface area contributed by atoms with Gasteiger partial charge < -0.3 is 4.90 Å². The summed E-state index contributed by atoms with van der Waals surface area (Å²) in [4.78, 5) is 26.7. The normalized spacial score (nSPS) is 10.8. The van der Waals surface area contributed by atoms with Gasteiger partial charge in [0.05, 0.1) is 11.1 Å². The summed E-state index contributed by atoms with van der Waals surface area (Å²) in [6.45, 7) is 4.62. The van der Waals surface area contributed by atoms with E-state index >= 15 is 0 Å². The second kappa shape index (κ2) is 6.71.